The van der Waals surface area contributed by atoms with Crippen molar-refractivity contribution in [2.24, 2.45) is 0 Å². The van der Waals surface area contributed by atoms with Crippen molar-refractivity contribution in [2.75, 3.05) is 14.1 Å². The summed E-state index contributed by atoms with van der Waals surface area (Å²) in [5.41, 5.74) is 1.67. The van der Waals surface area contributed by atoms with E-state index < -0.39 is 0 Å². The van der Waals surface area contributed by atoms with Crippen LogP contribution in [0, 0.1) is 0 Å². The van der Waals surface area contributed by atoms with Crippen LogP contribution < -0.4 is 5.32 Å². The lowest BCUT2D eigenvalue weighted by Crippen LogP contribution is -2.49. The van der Waals surface area contributed by atoms with Crippen molar-refractivity contribution in [1.82, 2.24) is 10.2 Å². The molecule has 0 aromatic heterocycles. The lowest BCUT2D eigenvalue weighted by Gasteiger charge is -2.47. The summed E-state index contributed by atoms with van der Waals surface area (Å²) in [6.45, 7) is 0. The third-order valence-electron chi connectivity index (χ3n) is 5.37. The Labute approximate surface area is 127 Å². The first-order valence-corrected chi connectivity index (χ1v) is 8.20. The fourth-order valence-corrected chi connectivity index (χ4v) is 3.93. The van der Waals surface area contributed by atoms with Gasteiger partial charge in [0, 0.05) is 22.6 Å². The van der Waals surface area contributed by atoms with E-state index in [-0.39, 0.29) is 5.54 Å². The summed E-state index contributed by atoms with van der Waals surface area (Å²) in [5.74, 6) is 0. The third-order valence-corrected chi connectivity index (χ3v) is 5.62. The molecule has 110 valence electrons. The van der Waals surface area contributed by atoms with Gasteiger partial charge < -0.3 is 5.32 Å². The SMILES string of the molecule is CNC1CCC(c2ccc(Cl)cc2)(N(C)C2CC2)CC1. The topological polar surface area (TPSA) is 15.3 Å². The Morgan fingerprint density at radius 3 is 2.20 bits per heavy atom. The molecule has 20 heavy (non-hydrogen) atoms. The van der Waals surface area contributed by atoms with E-state index >= 15 is 0 Å². The molecule has 2 saturated carbocycles. The Balaban J connectivity index is 1.89. The lowest BCUT2D eigenvalue weighted by molar-refractivity contribution is 0.0559. The first kappa shape index (κ1) is 14.4. The van der Waals surface area contributed by atoms with Crippen LogP contribution in [0.2, 0.25) is 5.02 Å². The van der Waals surface area contributed by atoms with Crippen molar-refractivity contribution in [1.29, 1.82) is 0 Å². The van der Waals surface area contributed by atoms with E-state index in [0.717, 1.165) is 11.1 Å². The first-order valence-electron chi connectivity index (χ1n) is 7.82. The zero-order chi connectivity index (χ0) is 14.2. The Hall–Kier alpha value is -0.570. The monoisotopic (exact) mass is 292 g/mol. The van der Waals surface area contributed by atoms with E-state index in [1.165, 1.54) is 44.1 Å². The molecule has 0 heterocycles. The molecule has 0 spiro atoms. The summed E-state index contributed by atoms with van der Waals surface area (Å²) in [6, 6.07) is 10.0. The molecule has 1 aromatic rings. The van der Waals surface area contributed by atoms with Gasteiger partial charge in [-0.1, -0.05) is 23.7 Å². The lowest BCUT2D eigenvalue weighted by atomic mass is 9.73. The molecular weight excluding hydrogens is 268 g/mol. The highest BCUT2D eigenvalue weighted by Crippen LogP contribution is 2.46. The minimum Gasteiger partial charge on any atom is -0.317 e. The van der Waals surface area contributed by atoms with Crippen LogP contribution in [0.15, 0.2) is 24.3 Å². The maximum atomic E-state index is 6.07. The Morgan fingerprint density at radius 1 is 1.10 bits per heavy atom. The van der Waals surface area contributed by atoms with Crippen molar-refractivity contribution in [2.45, 2.75) is 56.1 Å². The predicted octanol–water partition coefficient (Wildman–Crippen LogP) is 3.79. The van der Waals surface area contributed by atoms with E-state index in [9.17, 15) is 0 Å². The van der Waals surface area contributed by atoms with Crippen LogP contribution in [-0.4, -0.2) is 31.1 Å². The molecule has 2 nitrogen and oxygen atoms in total. The molecule has 2 aliphatic carbocycles. The number of benzene rings is 1. The fourth-order valence-electron chi connectivity index (χ4n) is 3.80. The smallest absolute Gasteiger partial charge is 0.0461 e. The van der Waals surface area contributed by atoms with Gasteiger partial charge in [0.15, 0.2) is 0 Å². The van der Waals surface area contributed by atoms with Gasteiger partial charge in [-0.05, 0) is 70.3 Å². The molecule has 0 amide bonds. The van der Waals surface area contributed by atoms with Crippen molar-refractivity contribution >= 4 is 11.6 Å². The first-order chi connectivity index (χ1) is 9.65. The molecule has 3 heteroatoms. The van der Waals surface area contributed by atoms with Gasteiger partial charge in [0.05, 0.1) is 0 Å². The molecule has 3 rings (SSSR count). The Morgan fingerprint density at radius 2 is 1.70 bits per heavy atom. The molecule has 0 radical (unpaired) electrons. The minimum absolute atomic E-state index is 0.221. The summed E-state index contributed by atoms with van der Waals surface area (Å²) < 4.78 is 0. The zero-order valence-electron chi connectivity index (χ0n) is 12.5. The third kappa shape index (κ3) is 2.61. The quantitative estimate of drug-likeness (QED) is 0.908. The summed E-state index contributed by atoms with van der Waals surface area (Å²) in [6.07, 6.45) is 7.73. The standard InChI is InChI=1S/C17H25ClN2/c1-19-15-9-11-17(12-10-15,20(2)16-7-8-16)13-3-5-14(18)6-4-13/h3-6,15-16,19H,7-12H2,1-2H3. The highest BCUT2D eigenvalue weighted by atomic mass is 35.5. The van der Waals surface area contributed by atoms with Crippen LogP contribution in [0.1, 0.15) is 44.1 Å². The molecule has 0 bridgehead atoms. The van der Waals surface area contributed by atoms with E-state index in [4.69, 9.17) is 11.6 Å². The van der Waals surface area contributed by atoms with Gasteiger partial charge in [-0.25, -0.2) is 0 Å². The number of nitrogens with zero attached hydrogens (tertiary/aromatic N) is 1. The van der Waals surface area contributed by atoms with Crippen molar-refractivity contribution in [3.8, 4) is 0 Å². The normalized spacial score (nSPS) is 30.7. The van der Waals surface area contributed by atoms with E-state index in [1.54, 1.807) is 0 Å². The fraction of sp³-hybridized carbons (Fsp3) is 0.647. The second-order valence-electron chi connectivity index (χ2n) is 6.44. The van der Waals surface area contributed by atoms with Crippen LogP contribution in [0.4, 0.5) is 0 Å². The summed E-state index contributed by atoms with van der Waals surface area (Å²) in [7, 11) is 4.41. The Kier molecular flexibility index (Phi) is 4.07. The highest BCUT2D eigenvalue weighted by molar-refractivity contribution is 6.30. The molecule has 2 fully saturated rings. The van der Waals surface area contributed by atoms with Gasteiger partial charge in [-0.2, -0.15) is 0 Å². The number of nitrogens with one attached hydrogen (secondary N) is 1. The maximum absolute atomic E-state index is 6.07. The van der Waals surface area contributed by atoms with Crippen LogP contribution in [-0.2, 0) is 5.54 Å². The van der Waals surface area contributed by atoms with Gasteiger partial charge in [-0.15, -0.1) is 0 Å². The van der Waals surface area contributed by atoms with Gasteiger partial charge in [0.25, 0.3) is 0 Å². The molecule has 0 aliphatic heterocycles. The molecule has 0 saturated heterocycles. The number of rotatable bonds is 4. The predicted molar refractivity (Wildman–Crippen MR) is 85.2 cm³/mol. The second kappa shape index (κ2) is 5.67. The average molecular weight is 293 g/mol. The van der Waals surface area contributed by atoms with Crippen LogP contribution in [0.5, 0.6) is 0 Å². The summed E-state index contributed by atoms with van der Waals surface area (Å²) >= 11 is 6.07. The minimum atomic E-state index is 0.221. The highest BCUT2D eigenvalue weighted by Gasteiger charge is 2.45. The van der Waals surface area contributed by atoms with E-state index in [0.29, 0.717) is 6.04 Å². The van der Waals surface area contributed by atoms with Crippen LogP contribution >= 0.6 is 11.6 Å². The van der Waals surface area contributed by atoms with E-state index in [1.807, 2.05) is 12.1 Å². The number of hydrogen-bond acceptors (Lipinski definition) is 2. The summed E-state index contributed by atoms with van der Waals surface area (Å²) in [4.78, 5) is 2.65. The Bertz CT molecular complexity index is 445. The van der Waals surface area contributed by atoms with Crippen LogP contribution in [0.25, 0.3) is 0 Å². The average Bonchev–Trinajstić information content (AvgIpc) is 3.32. The second-order valence-corrected chi connectivity index (χ2v) is 6.88. The maximum Gasteiger partial charge on any atom is 0.0461 e. The zero-order valence-corrected chi connectivity index (χ0v) is 13.3. The van der Waals surface area contributed by atoms with Gasteiger partial charge in [0.2, 0.25) is 0 Å². The largest absolute Gasteiger partial charge is 0.317 e. The molecule has 2 aliphatic rings. The van der Waals surface area contributed by atoms with Crippen molar-refractivity contribution in [3.63, 3.8) is 0 Å². The molecule has 0 atom stereocenters. The van der Waals surface area contributed by atoms with Gasteiger partial charge in [0.1, 0.15) is 0 Å². The molecule has 1 aromatic carbocycles. The van der Waals surface area contributed by atoms with Gasteiger partial charge >= 0.3 is 0 Å². The van der Waals surface area contributed by atoms with Gasteiger partial charge in [-0.3, -0.25) is 4.90 Å². The van der Waals surface area contributed by atoms with E-state index in [2.05, 4.69) is 36.4 Å². The molecule has 0 unspecified atom stereocenters. The number of halogens is 1. The van der Waals surface area contributed by atoms with Crippen molar-refractivity contribution < 1.29 is 0 Å². The van der Waals surface area contributed by atoms with Crippen LogP contribution in [0.3, 0.4) is 0 Å². The van der Waals surface area contributed by atoms with Crippen molar-refractivity contribution in [3.05, 3.63) is 34.9 Å². The number of hydrogen-bond donors (Lipinski definition) is 1. The molecule has 1 N–H and O–H groups in total. The summed E-state index contributed by atoms with van der Waals surface area (Å²) in [5, 5.41) is 4.28. The molecular formula is C17H25ClN2.